The highest BCUT2D eigenvalue weighted by molar-refractivity contribution is 5.36. The Hall–Kier alpha value is -2.97. The normalized spacial score (nSPS) is 11.0. The van der Waals surface area contributed by atoms with E-state index in [9.17, 15) is 13.2 Å². The lowest BCUT2D eigenvalue weighted by atomic mass is 10.2. The number of rotatable bonds is 5. The molecule has 0 unspecified atom stereocenters. The zero-order valence-corrected chi connectivity index (χ0v) is 12.6. The molecule has 0 saturated carbocycles. The zero-order valence-electron chi connectivity index (χ0n) is 12.6. The molecule has 1 N–H and O–H groups in total. The number of aromatic nitrogens is 5. The van der Waals surface area contributed by atoms with Gasteiger partial charge in [-0.05, 0) is 30.7 Å². The Balaban J connectivity index is 1.73. The van der Waals surface area contributed by atoms with E-state index in [0.29, 0.717) is 23.9 Å². The number of nitrogens with zero attached hydrogens (tertiary/aromatic N) is 5. The Bertz CT molecular complexity index is 831. The van der Waals surface area contributed by atoms with Crippen LogP contribution in [0, 0.1) is 12.7 Å². The summed E-state index contributed by atoms with van der Waals surface area (Å²) in [5, 5.41) is 10.8. The highest BCUT2D eigenvalue weighted by atomic mass is 19.3. The molecule has 0 atom stereocenters. The maximum atomic E-state index is 13.3. The molecule has 0 bridgehead atoms. The fourth-order valence-electron chi connectivity index (χ4n) is 2.00. The Morgan fingerprint density at radius 1 is 1.21 bits per heavy atom. The largest absolute Gasteiger partial charge is 0.348 e. The first-order chi connectivity index (χ1) is 11.5. The van der Waals surface area contributed by atoms with E-state index in [2.05, 4.69) is 25.6 Å². The summed E-state index contributed by atoms with van der Waals surface area (Å²) in [5.41, 5.74) is 1.13. The summed E-state index contributed by atoms with van der Waals surface area (Å²) in [4.78, 5) is 8.19. The molecule has 3 aromatic rings. The maximum absolute atomic E-state index is 13.3. The van der Waals surface area contributed by atoms with E-state index in [4.69, 9.17) is 0 Å². The van der Waals surface area contributed by atoms with Crippen LogP contribution in [0.15, 0.2) is 36.8 Å². The molecule has 2 aromatic heterocycles. The fraction of sp³-hybridized carbons (Fsp3) is 0.200. The van der Waals surface area contributed by atoms with Crippen LogP contribution in [0.2, 0.25) is 0 Å². The van der Waals surface area contributed by atoms with Crippen LogP contribution in [0.25, 0.3) is 5.69 Å². The average Bonchev–Trinajstić information content (AvgIpc) is 3.03. The smallest absolute Gasteiger partial charge is 0.266 e. The molecule has 124 valence electrons. The Morgan fingerprint density at radius 2 is 1.96 bits per heavy atom. The van der Waals surface area contributed by atoms with Crippen LogP contribution in [-0.4, -0.2) is 25.0 Å². The van der Waals surface area contributed by atoms with Crippen molar-refractivity contribution in [3.8, 4) is 5.69 Å². The van der Waals surface area contributed by atoms with E-state index >= 15 is 0 Å². The molecular formula is C15H13F3N6. The molecule has 0 saturated heterocycles. The minimum absolute atomic E-state index is 0.303. The van der Waals surface area contributed by atoms with E-state index in [0.717, 1.165) is 17.7 Å². The van der Waals surface area contributed by atoms with Crippen LogP contribution in [0.3, 0.4) is 0 Å². The molecule has 0 aliphatic heterocycles. The molecule has 24 heavy (non-hydrogen) atoms. The first-order valence-electron chi connectivity index (χ1n) is 7.04. The highest BCUT2D eigenvalue weighted by Gasteiger charge is 2.15. The molecule has 0 amide bonds. The number of alkyl halides is 2. The first-order valence-corrected chi connectivity index (χ1v) is 7.04. The summed E-state index contributed by atoms with van der Waals surface area (Å²) in [7, 11) is 0. The van der Waals surface area contributed by atoms with Gasteiger partial charge in [0.1, 0.15) is 11.5 Å². The van der Waals surface area contributed by atoms with Crippen LogP contribution in [0.5, 0.6) is 0 Å². The van der Waals surface area contributed by atoms with Crippen molar-refractivity contribution in [1.82, 2.24) is 25.0 Å². The van der Waals surface area contributed by atoms with Gasteiger partial charge < -0.3 is 5.32 Å². The third-order valence-electron chi connectivity index (χ3n) is 3.23. The summed E-state index contributed by atoms with van der Waals surface area (Å²) < 4.78 is 40.1. The molecule has 0 fully saturated rings. The minimum atomic E-state index is -2.90. The standard InChI is InChI=1S/C15H13F3N6/c1-9-5-19-15(20-6-9)21-7-10-8-24(23-22-10)11-2-3-13(16)12(4-11)14(17)18/h2-6,8,14H,7H2,1H3,(H,19,20,21). The van der Waals surface area contributed by atoms with Gasteiger partial charge >= 0.3 is 0 Å². The molecule has 0 spiro atoms. The van der Waals surface area contributed by atoms with Crippen molar-refractivity contribution in [2.45, 2.75) is 19.9 Å². The molecule has 2 heterocycles. The lowest BCUT2D eigenvalue weighted by Gasteiger charge is -2.05. The van der Waals surface area contributed by atoms with Gasteiger partial charge in [0.25, 0.3) is 6.43 Å². The summed E-state index contributed by atoms with van der Waals surface area (Å²) in [6.45, 7) is 2.19. The molecule has 0 aliphatic carbocycles. The van der Waals surface area contributed by atoms with Crippen LogP contribution in [0.1, 0.15) is 23.2 Å². The molecule has 6 nitrogen and oxygen atoms in total. The van der Waals surface area contributed by atoms with Gasteiger partial charge in [0.15, 0.2) is 0 Å². The van der Waals surface area contributed by atoms with Crippen molar-refractivity contribution in [2.75, 3.05) is 5.32 Å². The second kappa shape index (κ2) is 6.65. The number of nitrogens with one attached hydrogen (secondary N) is 1. The van der Waals surface area contributed by atoms with E-state index in [-0.39, 0.29) is 0 Å². The number of hydrogen-bond donors (Lipinski definition) is 1. The van der Waals surface area contributed by atoms with Gasteiger partial charge in [-0.3, -0.25) is 0 Å². The summed E-state index contributed by atoms with van der Waals surface area (Å²) in [6.07, 6.45) is 2.02. The van der Waals surface area contributed by atoms with Crippen LogP contribution in [-0.2, 0) is 6.54 Å². The number of anilines is 1. The van der Waals surface area contributed by atoms with Gasteiger partial charge in [0.2, 0.25) is 5.95 Å². The van der Waals surface area contributed by atoms with E-state index in [1.165, 1.54) is 10.7 Å². The molecule has 3 rings (SSSR count). The molecule has 9 heteroatoms. The van der Waals surface area contributed by atoms with Crippen molar-refractivity contribution in [2.24, 2.45) is 0 Å². The first kappa shape index (κ1) is 15.9. The van der Waals surface area contributed by atoms with Gasteiger partial charge in [-0.15, -0.1) is 5.10 Å². The van der Waals surface area contributed by atoms with Crippen molar-refractivity contribution in [3.05, 3.63) is 59.4 Å². The second-order valence-corrected chi connectivity index (χ2v) is 5.10. The summed E-state index contributed by atoms with van der Waals surface area (Å²) in [6, 6.07) is 3.39. The third kappa shape index (κ3) is 3.50. The van der Waals surface area contributed by atoms with Crippen molar-refractivity contribution < 1.29 is 13.2 Å². The molecular weight excluding hydrogens is 321 g/mol. The van der Waals surface area contributed by atoms with Crippen LogP contribution < -0.4 is 5.32 Å². The maximum Gasteiger partial charge on any atom is 0.266 e. The molecule has 0 aliphatic rings. The van der Waals surface area contributed by atoms with Gasteiger partial charge in [0.05, 0.1) is 24.0 Å². The predicted molar refractivity (Wildman–Crippen MR) is 80.4 cm³/mol. The van der Waals surface area contributed by atoms with E-state index in [1.807, 2.05) is 6.92 Å². The lowest BCUT2D eigenvalue weighted by Crippen LogP contribution is -2.03. The summed E-state index contributed by atoms with van der Waals surface area (Å²) in [5.74, 6) is -0.510. The fourth-order valence-corrected chi connectivity index (χ4v) is 2.00. The highest BCUT2D eigenvalue weighted by Crippen LogP contribution is 2.24. The van der Waals surface area contributed by atoms with Gasteiger partial charge in [-0.1, -0.05) is 5.21 Å². The SMILES string of the molecule is Cc1cnc(NCc2cn(-c3ccc(F)c(C(F)F)c3)nn2)nc1. The number of benzene rings is 1. The Morgan fingerprint density at radius 3 is 2.67 bits per heavy atom. The van der Waals surface area contributed by atoms with Crippen LogP contribution in [0.4, 0.5) is 19.1 Å². The Kier molecular flexibility index (Phi) is 4.41. The number of halogens is 3. The van der Waals surface area contributed by atoms with E-state index in [1.54, 1.807) is 18.6 Å². The monoisotopic (exact) mass is 334 g/mol. The van der Waals surface area contributed by atoms with Crippen molar-refractivity contribution in [1.29, 1.82) is 0 Å². The second-order valence-electron chi connectivity index (χ2n) is 5.10. The van der Waals surface area contributed by atoms with Gasteiger partial charge in [0, 0.05) is 12.4 Å². The zero-order chi connectivity index (χ0) is 17.1. The molecule has 1 aromatic carbocycles. The molecule has 0 radical (unpaired) electrons. The van der Waals surface area contributed by atoms with Crippen molar-refractivity contribution >= 4 is 5.95 Å². The van der Waals surface area contributed by atoms with Gasteiger partial charge in [-0.2, -0.15) is 0 Å². The summed E-state index contributed by atoms with van der Waals surface area (Å²) >= 11 is 0. The number of aryl methyl sites for hydroxylation is 1. The number of hydrogen-bond acceptors (Lipinski definition) is 5. The van der Waals surface area contributed by atoms with Crippen molar-refractivity contribution in [3.63, 3.8) is 0 Å². The van der Waals surface area contributed by atoms with Gasteiger partial charge in [-0.25, -0.2) is 27.8 Å². The van der Waals surface area contributed by atoms with E-state index < -0.39 is 17.8 Å². The topological polar surface area (TPSA) is 68.5 Å². The lowest BCUT2D eigenvalue weighted by molar-refractivity contribution is 0.146. The van der Waals surface area contributed by atoms with Crippen LogP contribution >= 0.6 is 0 Å². The minimum Gasteiger partial charge on any atom is -0.348 e. The third-order valence-corrected chi connectivity index (χ3v) is 3.23. The Labute approximate surface area is 135 Å². The average molecular weight is 334 g/mol. The quantitative estimate of drug-likeness (QED) is 0.777. The predicted octanol–water partition coefficient (Wildman–Crippen LogP) is 3.05.